The Morgan fingerprint density at radius 3 is 2.52 bits per heavy atom. The molecular formula is C40H46N2O10. The lowest BCUT2D eigenvalue weighted by Crippen LogP contribution is -2.63. The van der Waals surface area contributed by atoms with Crippen LogP contribution in [0, 0.1) is 28.6 Å². The van der Waals surface area contributed by atoms with Gasteiger partial charge in [-0.25, -0.2) is 0 Å². The number of ether oxygens (including phenoxy) is 3. The Hall–Kier alpha value is -4.20. The van der Waals surface area contributed by atoms with Gasteiger partial charge in [-0.1, -0.05) is 61.9 Å². The Labute approximate surface area is 301 Å². The number of carbonyl (C=O) groups excluding carboxylic acids is 3. The van der Waals surface area contributed by atoms with E-state index in [1.807, 2.05) is 49.4 Å². The first-order chi connectivity index (χ1) is 24.7. The molecule has 12 nitrogen and oxygen atoms in total. The van der Waals surface area contributed by atoms with Crippen LogP contribution in [-0.2, 0) is 46.4 Å². The number of Topliss-reactive ketones (excluding diaryl/α,β-unsaturated/α-hetero) is 1. The number of rotatable bonds is 10. The summed E-state index contributed by atoms with van der Waals surface area (Å²) in [6.45, 7) is 3.21. The van der Waals surface area contributed by atoms with Crippen LogP contribution >= 0.6 is 0 Å². The summed E-state index contributed by atoms with van der Waals surface area (Å²) in [5.74, 6) is -3.17. The zero-order valence-corrected chi connectivity index (χ0v) is 29.3. The van der Waals surface area contributed by atoms with E-state index in [-0.39, 0.29) is 36.6 Å². The highest BCUT2D eigenvalue weighted by atomic mass is 16.7. The second-order valence-electron chi connectivity index (χ2n) is 15.6. The number of carboxylic acids is 1. The monoisotopic (exact) mass is 714 g/mol. The minimum Gasteiger partial charge on any atom is -0.481 e. The van der Waals surface area contributed by atoms with Crippen LogP contribution in [0.5, 0.6) is 0 Å². The average Bonchev–Trinajstić information content (AvgIpc) is 3.60. The summed E-state index contributed by atoms with van der Waals surface area (Å²) in [4.78, 5) is 50.6. The maximum Gasteiger partial charge on any atom is 0.323 e. The van der Waals surface area contributed by atoms with Gasteiger partial charge in [-0.2, -0.15) is 0 Å². The molecule has 0 spiro atoms. The smallest absolute Gasteiger partial charge is 0.323 e. The molecule has 10 atom stereocenters. The molecule has 1 saturated heterocycles. The van der Waals surface area contributed by atoms with Crippen LogP contribution in [0.1, 0.15) is 74.5 Å². The molecule has 4 fully saturated rings. The van der Waals surface area contributed by atoms with Gasteiger partial charge in [-0.15, -0.1) is 0 Å². The fourth-order valence-corrected chi connectivity index (χ4v) is 10.3. The third-order valence-electron chi connectivity index (χ3n) is 12.7. The van der Waals surface area contributed by atoms with E-state index in [0.717, 1.165) is 23.1 Å². The number of anilines is 1. The standard InChI is InChI=1S/C40H46N2O10/c1-38-12-11-26(44)15-25(38)9-10-27-28-16-33-40(39(28,2)18-31(45)35(27)38,32(46)20-50-36(49)30(42)17-34(47)48)52-37(51-33)23-6-3-21(4-7-23)13-22-5-8-24(19-43)29(41)14-22/h3-8,11-12,14-15,27-28,30-31,33,35,37,43,45H,9-10,13,16-20,41-42H2,1-2H3,(H,47,48)/t27-,28-,30-,31-,33+,35+,37+,38-,39-,40+/m0/s1. The molecule has 0 aromatic heterocycles. The Bertz CT molecular complexity index is 1860. The molecule has 7 N–H and O–H groups in total. The van der Waals surface area contributed by atoms with Crippen molar-refractivity contribution in [1.82, 2.24) is 0 Å². The number of hydrogen-bond acceptors (Lipinski definition) is 11. The van der Waals surface area contributed by atoms with E-state index in [0.29, 0.717) is 36.1 Å². The predicted molar refractivity (Wildman–Crippen MR) is 187 cm³/mol. The summed E-state index contributed by atoms with van der Waals surface area (Å²) in [5, 5.41) is 30.6. The molecule has 1 heterocycles. The lowest BCUT2D eigenvalue weighted by molar-refractivity contribution is -0.202. The molecule has 276 valence electrons. The van der Waals surface area contributed by atoms with Crippen LogP contribution < -0.4 is 11.5 Å². The van der Waals surface area contributed by atoms with Crippen molar-refractivity contribution in [3.63, 3.8) is 0 Å². The topological polar surface area (TPSA) is 209 Å². The van der Waals surface area contributed by atoms with Crippen molar-refractivity contribution in [2.75, 3.05) is 12.3 Å². The number of ketones is 2. The molecule has 3 saturated carbocycles. The summed E-state index contributed by atoms with van der Waals surface area (Å²) < 4.78 is 18.8. The van der Waals surface area contributed by atoms with E-state index >= 15 is 0 Å². The summed E-state index contributed by atoms with van der Waals surface area (Å²) >= 11 is 0. The minimum atomic E-state index is -1.59. The highest BCUT2D eigenvalue weighted by molar-refractivity contribution is 6.01. The number of carbonyl (C=O) groups is 4. The normalized spacial score (nSPS) is 35.1. The number of carboxylic acid groups (broad SMARTS) is 1. The van der Waals surface area contributed by atoms with E-state index in [2.05, 4.69) is 6.92 Å². The molecule has 12 heteroatoms. The van der Waals surface area contributed by atoms with Gasteiger partial charge in [0.05, 0.1) is 25.2 Å². The average molecular weight is 715 g/mol. The highest BCUT2D eigenvalue weighted by Crippen LogP contribution is 2.70. The maximum atomic E-state index is 14.6. The van der Waals surface area contributed by atoms with Gasteiger partial charge in [0.2, 0.25) is 5.78 Å². The summed E-state index contributed by atoms with van der Waals surface area (Å²) in [6, 6.07) is 11.8. The molecular weight excluding hydrogens is 668 g/mol. The molecule has 5 aliphatic rings. The molecule has 0 unspecified atom stereocenters. The lowest BCUT2D eigenvalue weighted by Gasteiger charge is -2.59. The minimum absolute atomic E-state index is 0.0130. The quantitative estimate of drug-likeness (QED) is 0.177. The van der Waals surface area contributed by atoms with Crippen molar-refractivity contribution in [3.8, 4) is 0 Å². The van der Waals surface area contributed by atoms with E-state index in [1.54, 1.807) is 18.2 Å². The van der Waals surface area contributed by atoms with E-state index in [1.165, 1.54) is 0 Å². The van der Waals surface area contributed by atoms with Crippen LogP contribution in [0.3, 0.4) is 0 Å². The van der Waals surface area contributed by atoms with Crippen molar-refractivity contribution < 1.29 is 48.7 Å². The molecule has 7 rings (SSSR count). The number of benzene rings is 2. The Kier molecular flexibility index (Phi) is 9.28. The van der Waals surface area contributed by atoms with Gasteiger partial charge in [-0.05, 0) is 73.3 Å². The van der Waals surface area contributed by atoms with E-state index in [4.69, 9.17) is 30.8 Å². The predicted octanol–water partition coefficient (Wildman–Crippen LogP) is 3.31. The number of nitrogens with two attached hydrogens (primary N) is 2. The number of aliphatic carboxylic acids is 1. The van der Waals surface area contributed by atoms with Crippen molar-refractivity contribution in [2.24, 2.45) is 34.3 Å². The summed E-state index contributed by atoms with van der Waals surface area (Å²) in [5.41, 5.74) is 13.7. The first-order valence-electron chi connectivity index (χ1n) is 17.9. The second-order valence-corrected chi connectivity index (χ2v) is 15.6. The van der Waals surface area contributed by atoms with Crippen LogP contribution in [0.25, 0.3) is 0 Å². The van der Waals surface area contributed by atoms with Gasteiger partial charge in [0.15, 0.2) is 24.3 Å². The van der Waals surface area contributed by atoms with Crippen LogP contribution in [0.4, 0.5) is 5.69 Å². The van der Waals surface area contributed by atoms with Gasteiger partial charge in [0, 0.05) is 33.6 Å². The van der Waals surface area contributed by atoms with Crippen molar-refractivity contribution in [3.05, 3.63) is 88.5 Å². The zero-order valence-electron chi connectivity index (χ0n) is 29.3. The van der Waals surface area contributed by atoms with Crippen LogP contribution in [0.15, 0.2) is 66.3 Å². The molecule has 1 aliphatic heterocycles. The second kappa shape index (κ2) is 13.3. The molecule has 2 aromatic rings. The summed E-state index contributed by atoms with van der Waals surface area (Å²) in [6.07, 6.45) is 4.76. The fraction of sp³-hybridized carbons (Fsp3) is 0.500. The van der Waals surface area contributed by atoms with E-state index < -0.39 is 71.7 Å². The maximum absolute atomic E-state index is 14.6. The van der Waals surface area contributed by atoms with Gasteiger partial charge >= 0.3 is 11.9 Å². The van der Waals surface area contributed by atoms with Gasteiger partial charge in [-0.3, -0.25) is 19.2 Å². The molecule has 4 aliphatic carbocycles. The number of nitrogen functional groups attached to an aromatic ring is 1. The number of allylic oxidation sites excluding steroid dienone is 4. The van der Waals surface area contributed by atoms with Gasteiger partial charge in [0.25, 0.3) is 0 Å². The first-order valence-corrected chi connectivity index (χ1v) is 17.9. The third kappa shape index (κ3) is 5.81. The number of aliphatic hydroxyl groups excluding tert-OH is 2. The van der Waals surface area contributed by atoms with Gasteiger partial charge in [0.1, 0.15) is 6.04 Å². The number of fused-ring (bicyclic) bond motifs is 7. The Balaban J connectivity index is 1.18. The zero-order chi connectivity index (χ0) is 37.2. The van der Waals surface area contributed by atoms with Gasteiger partial charge < -0.3 is 41.0 Å². The van der Waals surface area contributed by atoms with Crippen LogP contribution in [0.2, 0.25) is 0 Å². The fourth-order valence-electron chi connectivity index (χ4n) is 10.3. The third-order valence-corrected chi connectivity index (χ3v) is 12.7. The van der Waals surface area contributed by atoms with E-state index in [9.17, 15) is 29.4 Å². The number of hydrogen-bond donors (Lipinski definition) is 5. The van der Waals surface area contributed by atoms with Crippen molar-refractivity contribution >= 4 is 29.2 Å². The molecule has 0 amide bonds. The molecule has 0 bridgehead atoms. The first kappa shape index (κ1) is 36.2. The number of esters is 1. The molecule has 52 heavy (non-hydrogen) atoms. The van der Waals surface area contributed by atoms with Crippen molar-refractivity contribution in [2.45, 2.75) is 89.1 Å². The highest BCUT2D eigenvalue weighted by Gasteiger charge is 2.76. The molecule has 0 radical (unpaired) electrons. The molecule has 2 aromatic carbocycles. The van der Waals surface area contributed by atoms with Crippen molar-refractivity contribution in [1.29, 1.82) is 0 Å². The largest absolute Gasteiger partial charge is 0.481 e. The Morgan fingerprint density at radius 2 is 1.83 bits per heavy atom. The lowest BCUT2D eigenvalue weighted by atomic mass is 9.46. The summed E-state index contributed by atoms with van der Waals surface area (Å²) in [7, 11) is 0. The SMILES string of the molecule is C[C@]12C=CC(=O)C=C1CC[C@@H]1[C@@H]2[C@@H](O)C[C@@]2(C)[C@H]1C[C@H]1O[C@@H](c3ccc(Cc4ccc(CO)c(N)c4)cc3)O[C@]12C(=O)COC(=O)[C@@H](N)CC(=O)O. The Morgan fingerprint density at radius 1 is 1.10 bits per heavy atom. The number of aliphatic hydroxyl groups is 2. The van der Waals surface area contributed by atoms with Crippen LogP contribution in [-0.4, -0.2) is 69.3 Å².